The Balaban J connectivity index is 1.84. The third-order valence-electron chi connectivity index (χ3n) is 2.92. The predicted molar refractivity (Wildman–Crippen MR) is 49.1 cm³/mol. The van der Waals surface area contributed by atoms with Crippen molar-refractivity contribution in [2.24, 2.45) is 5.92 Å². The SMILES string of the molecule is O=C(NC1(CO)CC1)C1CC=CC1. The van der Waals surface area contributed by atoms with Crippen LogP contribution in [0.1, 0.15) is 25.7 Å². The first-order chi connectivity index (χ1) is 6.26. The van der Waals surface area contributed by atoms with Crippen LogP contribution in [0.25, 0.3) is 0 Å². The quantitative estimate of drug-likeness (QED) is 0.626. The highest BCUT2D eigenvalue weighted by Crippen LogP contribution is 2.35. The van der Waals surface area contributed by atoms with Gasteiger partial charge in [0.2, 0.25) is 5.91 Å². The van der Waals surface area contributed by atoms with E-state index in [4.69, 9.17) is 5.11 Å². The van der Waals surface area contributed by atoms with Crippen molar-refractivity contribution in [3.63, 3.8) is 0 Å². The maximum absolute atomic E-state index is 11.6. The highest BCUT2D eigenvalue weighted by Gasteiger charge is 2.44. The highest BCUT2D eigenvalue weighted by molar-refractivity contribution is 5.80. The monoisotopic (exact) mass is 181 g/mol. The molecule has 72 valence electrons. The molecular weight excluding hydrogens is 166 g/mol. The number of carbonyl (C=O) groups is 1. The molecule has 0 atom stereocenters. The van der Waals surface area contributed by atoms with Gasteiger partial charge in [0.25, 0.3) is 0 Å². The number of aliphatic hydroxyl groups is 1. The van der Waals surface area contributed by atoms with E-state index in [1.165, 1.54) is 0 Å². The normalized spacial score (nSPS) is 24.7. The van der Waals surface area contributed by atoms with Crippen LogP contribution in [0.2, 0.25) is 0 Å². The summed E-state index contributed by atoms with van der Waals surface area (Å²) in [7, 11) is 0. The van der Waals surface area contributed by atoms with Gasteiger partial charge in [0.1, 0.15) is 0 Å². The summed E-state index contributed by atoms with van der Waals surface area (Å²) in [6.45, 7) is 0.0822. The van der Waals surface area contributed by atoms with Gasteiger partial charge in [-0.1, -0.05) is 12.2 Å². The zero-order valence-electron chi connectivity index (χ0n) is 7.62. The largest absolute Gasteiger partial charge is 0.394 e. The number of hydrogen-bond donors (Lipinski definition) is 2. The molecule has 0 aliphatic heterocycles. The molecule has 2 rings (SSSR count). The van der Waals surface area contributed by atoms with Crippen molar-refractivity contribution >= 4 is 5.91 Å². The van der Waals surface area contributed by atoms with E-state index >= 15 is 0 Å². The summed E-state index contributed by atoms with van der Waals surface area (Å²) >= 11 is 0. The van der Waals surface area contributed by atoms with Gasteiger partial charge in [-0.3, -0.25) is 4.79 Å². The summed E-state index contributed by atoms with van der Waals surface area (Å²) in [5.74, 6) is 0.223. The molecular formula is C10H15NO2. The van der Waals surface area contributed by atoms with Crippen LogP contribution in [0, 0.1) is 5.92 Å². The lowest BCUT2D eigenvalue weighted by Crippen LogP contribution is -2.42. The summed E-state index contributed by atoms with van der Waals surface area (Å²) in [4.78, 5) is 11.6. The average Bonchev–Trinajstić information content (AvgIpc) is 2.69. The van der Waals surface area contributed by atoms with Crippen molar-refractivity contribution in [3.8, 4) is 0 Å². The van der Waals surface area contributed by atoms with Crippen LogP contribution in [0.4, 0.5) is 0 Å². The zero-order valence-corrected chi connectivity index (χ0v) is 7.62. The summed E-state index contributed by atoms with van der Waals surface area (Å²) in [5.41, 5.74) is -0.250. The first-order valence-electron chi connectivity index (χ1n) is 4.84. The predicted octanol–water partition coefficient (Wildman–Crippen LogP) is 0.594. The molecule has 0 aromatic rings. The Morgan fingerprint density at radius 3 is 2.54 bits per heavy atom. The maximum Gasteiger partial charge on any atom is 0.224 e. The molecule has 13 heavy (non-hydrogen) atoms. The van der Waals surface area contributed by atoms with E-state index in [1.54, 1.807) is 0 Å². The van der Waals surface area contributed by atoms with Gasteiger partial charge < -0.3 is 10.4 Å². The number of nitrogens with one attached hydrogen (secondary N) is 1. The van der Waals surface area contributed by atoms with E-state index in [1.807, 2.05) is 12.2 Å². The number of aliphatic hydroxyl groups excluding tert-OH is 1. The van der Waals surface area contributed by atoms with Crippen LogP contribution >= 0.6 is 0 Å². The molecule has 0 aromatic carbocycles. The minimum atomic E-state index is -0.250. The van der Waals surface area contributed by atoms with Crippen LogP contribution in [0.3, 0.4) is 0 Å². The third-order valence-corrected chi connectivity index (χ3v) is 2.92. The molecule has 0 spiro atoms. The van der Waals surface area contributed by atoms with Crippen molar-refractivity contribution in [1.29, 1.82) is 0 Å². The Labute approximate surface area is 77.8 Å². The van der Waals surface area contributed by atoms with Gasteiger partial charge in [-0.15, -0.1) is 0 Å². The lowest BCUT2D eigenvalue weighted by atomic mass is 10.1. The topological polar surface area (TPSA) is 49.3 Å². The Morgan fingerprint density at radius 1 is 1.46 bits per heavy atom. The molecule has 2 N–H and O–H groups in total. The van der Waals surface area contributed by atoms with Gasteiger partial charge in [0.15, 0.2) is 0 Å². The minimum absolute atomic E-state index is 0.0822. The van der Waals surface area contributed by atoms with Gasteiger partial charge in [-0.2, -0.15) is 0 Å². The van der Waals surface area contributed by atoms with E-state index < -0.39 is 0 Å². The van der Waals surface area contributed by atoms with Crippen molar-refractivity contribution in [2.75, 3.05) is 6.61 Å². The number of hydrogen-bond acceptors (Lipinski definition) is 2. The second kappa shape index (κ2) is 3.14. The van der Waals surface area contributed by atoms with Crippen LogP contribution in [-0.4, -0.2) is 23.2 Å². The molecule has 0 radical (unpaired) electrons. The Bertz CT molecular complexity index is 235. The Morgan fingerprint density at radius 2 is 2.08 bits per heavy atom. The summed E-state index contributed by atoms with van der Waals surface area (Å²) < 4.78 is 0. The summed E-state index contributed by atoms with van der Waals surface area (Å²) in [5, 5.41) is 11.9. The lowest BCUT2D eigenvalue weighted by molar-refractivity contribution is -0.126. The Kier molecular flexibility index (Phi) is 2.12. The average molecular weight is 181 g/mol. The first-order valence-corrected chi connectivity index (χ1v) is 4.84. The van der Waals surface area contributed by atoms with Crippen LogP contribution in [0.5, 0.6) is 0 Å². The zero-order chi connectivity index (χ0) is 9.31. The molecule has 1 amide bonds. The van der Waals surface area contributed by atoms with E-state index in [9.17, 15) is 4.79 Å². The molecule has 0 bridgehead atoms. The lowest BCUT2D eigenvalue weighted by Gasteiger charge is -2.17. The minimum Gasteiger partial charge on any atom is -0.394 e. The first kappa shape index (κ1) is 8.75. The summed E-state index contributed by atoms with van der Waals surface area (Å²) in [6.07, 6.45) is 7.65. The fourth-order valence-corrected chi connectivity index (χ4v) is 1.67. The van der Waals surface area contributed by atoms with Crippen molar-refractivity contribution in [2.45, 2.75) is 31.2 Å². The second-order valence-corrected chi connectivity index (χ2v) is 4.07. The number of carbonyl (C=O) groups excluding carboxylic acids is 1. The summed E-state index contributed by atoms with van der Waals surface area (Å²) in [6, 6.07) is 0. The van der Waals surface area contributed by atoms with Gasteiger partial charge in [0.05, 0.1) is 12.1 Å². The molecule has 0 heterocycles. The third kappa shape index (κ3) is 1.75. The van der Waals surface area contributed by atoms with E-state index in [0.717, 1.165) is 25.7 Å². The van der Waals surface area contributed by atoms with E-state index in [-0.39, 0.29) is 24.0 Å². The molecule has 1 fully saturated rings. The Hall–Kier alpha value is -0.830. The fourth-order valence-electron chi connectivity index (χ4n) is 1.67. The second-order valence-electron chi connectivity index (χ2n) is 4.07. The van der Waals surface area contributed by atoms with E-state index in [2.05, 4.69) is 5.32 Å². The fraction of sp³-hybridized carbons (Fsp3) is 0.700. The van der Waals surface area contributed by atoms with Crippen LogP contribution in [-0.2, 0) is 4.79 Å². The molecule has 1 saturated carbocycles. The maximum atomic E-state index is 11.6. The highest BCUT2D eigenvalue weighted by atomic mass is 16.3. The molecule has 0 saturated heterocycles. The van der Waals surface area contributed by atoms with Crippen molar-refractivity contribution < 1.29 is 9.90 Å². The van der Waals surface area contributed by atoms with E-state index in [0.29, 0.717) is 0 Å². The van der Waals surface area contributed by atoms with Gasteiger partial charge in [0, 0.05) is 5.92 Å². The molecule has 3 heteroatoms. The van der Waals surface area contributed by atoms with Crippen LogP contribution < -0.4 is 5.32 Å². The van der Waals surface area contributed by atoms with Gasteiger partial charge in [-0.05, 0) is 25.7 Å². The van der Waals surface area contributed by atoms with Crippen LogP contribution in [0.15, 0.2) is 12.2 Å². The molecule has 3 nitrogen and oxygen atoms in total. The van der Waals surface area contributed by atoms with Gasteiger partial charge in [-0.25, -0.2) is 0 Å². The molecule has 2 aliphatic carbocycles. The molecule has 0 aromatic heterocycles. The number of amides is 1. The number of rotatable bonds is 3. The van der Waals surface area contributed by atoms with Crippen molar-refractivity contribution in [1.82, 2.24) is 5.32 Å². The smallest absolute Gasteiger partial charge is 0.224 e. The standard InChI is InChI=1S/C10H15NO2/c12-7-10(5-6-10)11-9(13)8-3-1-2-4-8/h1-2,8,12H,3-7H2,(H,11,13). The van der Waals surface area contributed by atoms with Crippen molar-refractivity contribution in [3.05, 3.63) is 12.2 Å². The molecule has 0 unspecified atom stereocenters. The number of allylic oxidation sites excluding steroid dienone is 2. The molecule has 2 aliphatic rings. The van der Waals surface area contributed by atoms with Gasteiger partial charge >= 0.3 is 0 Å².